The van der Waals surface area contributed by atoms with Crippen LogP contribution >= 0.6 is 0 Å². The monoisotopic (exact) mass is 291 g/mol. The summed E-state index contributed by atoms with van der Waals surface area (Å²) in [4.78, 5) is 26.0. The van der Waals surface area contributed by atoms with E-state index < -0.39 is 10.8 Å². The Morgan fingerprint density at radius 1 is 1.24 bits per heavy atom. The summed E-state index contributed by atoms with van der Waals surface area (Å²) in [7, 11) is 1.60. The molecule has 0 aliphatic carbocycles. The minimum absolute atomic E-state index is 0.0101. The van der Waals surface area contributed by atoms with Crippen molar-refractivity contribution in [2.45, 2.75) is 31.5 Å². The molecule has 1 unspecified atom stereocenters. The van der Waals surface area contributed by atoms with Gasteiger partial charge in [-0.05, 0) is 25.0 Å². The zero-order valence-corrected chi connectivity index (χ0v) is 11.8. The van der Waals surface area contributed by atoms with E-state index >= 15 is 0 Å². The molecule has 0 radical (unpaired) electrons. The summed E-state index contributed by atoms with van der Waals surface area (Å²) < 4.78 is 5.67. The predicted octanol–water partition coefficient (Wildman–Crippen LogP) is 2.71. The number of non-ortho nitro benzene ring substituents is 1. The molecular formula is C14H17N3O4. The fraction of sp³-hybridized carbons (Fsp3) is 0.500. The summed E-state index contributed by atoms with van der Waals surface area (Å²) in [6, 6.07) is 5.90. The number of benzene rings is 1. The highest BCUT2D eigenvalue weighted by atomic mass is 16.6. The Balaban J connectivity index is 1.93. The van der Waals surface area contributed by atoms with Gasteiger partial charge in [-0.3, -0.25) is 15.0 Å². The number of nitro groups is 1. The van der Waals surface area contributed by atoms with Crippen molar-refractivity contribution in [2.24, 2.45) is 0 Å². The van der Waals surface area contributed by atoms with Crippen molar-refractivity contribution in [1.82, 2.24) is 4.90 Å². The van der Waals surface area contributed by atoms with Gasteiger partial charge in [0, 0.05) is 32.2 Å². The van der Waals surface area contributed by atoms with Crippen molar-refractivity contribution in [2.75, 3.05) is 18.6 Å². The maximum absolute atomic E-state index is 12.4. The summed E-state index contributed by atoms with van der Waals surface area (Å²) >= 11 is 0. The Morgan fingerprint density at radius 2 is 1.95 bits per heavy atom. The topological polar surface area (TPSA) is 75.9 Å². The van der Waals surface area contributed by atoms with Gasteiger partial charge in [0.2, 0.25) is 5.85 Å². The van der Waals surface area contributed by atoms with E-state index in [2.05, 4.69) is 0 Å². The molecule has 21 heavy (non-hydrogen) atoms. The molecule has 0 saturated carbocycles. The van der Waals surface area contributed by atoms with Crippen LogP contribution in [0.25, 0.3) is 0 Å². The van der Waals surface area contributed by atoms with Crippen LogP contribution in [0.5, 0.6) is 0 Å². The molecule has 2 heterocycles. The van der Waals surface area contributed by atoms with E-state index in [9.17, 15) is 14.9 Å². The van der Waals surface area contributed by atoms with Gasteiger partial charge < -0.3 is 4.74 Å². The molecule has 0 bridgehead atoms. The van der Waals surface area contributed by atoms with Crippen molar-refractivity contribution in [1.29, 1.82) is 0 Å². The van der Waals surface area contributed by atoms with Crippen LogP contribution in [0.2, 0.25) is 0 Å². The molecule has 112 valence electrons. The summed E-state index contributed by atoms with van der Waals surface area (Å²) in [5.41, 5.74) is 0.640. The fourth-order valence-corrected chi connectivity index (χ4v) is 3.15. The Kier molecular flexibility index (Phi) is 3.29. The molecule has 2 amide bonds. The molecule has 3 rings (SSSR count). The van der Waals surface area contributed by atoms with Gasteiger partial charge in [-0.2, -0.15) is 0 Å². The molecule has 7 nitrogen and oxygen atoms in total. The quantitative estimate of drug-likeness (QED) is 0.633. The molecule has 1 atom stereocenters. The summed E-state index contributed by atoms with van der Waals surface area (Å²) in [6.45, 7) is 0.691. The molecule has 0 N–H and O–H groups in total. The third-order valence-corrected chi connectivity index (χ3v) is 4.22. The third kappa shape index (κ3) is 1.96. The van der Waals surface area contributed by atoms with Crippen LogP contribution in [0.1, 0.15) is 25.7 Å². The predicted molar refractivity (Wildman–Crippen MR) is 75.9 cm³/mol. The maximum atomic E-state index is 12.4. The first-order valence-corrected chi connectivity index (χ1v) is 7.01. The first kappa shape index (κ1) is 13.8. The fourth-order valence-electron chi connectivity index (χ4n) is 3.15. The van der Waals surface area contributed by atoms with Crippen molar-refractivity contribution < 1.29 is 14.5 Å². The number of carbonyl (C=O) groups excluding carboxylic acids is 1. The van der Waals surface area contributed by atoms with Gasteiger partial charge in [0.15, 0.2) is 0 Å². The van der Waals surface area contributed by atoms with E-state index in [-0.39, 0.29) is 11.7 Å². The smallest absolute Gasteiger partial charge is 0.332 e. The first-order valence-electron chi connectivity index (χ1n) is 7.01. The van der Waals surface area contributed by atoms with Crippen molar-refractivity contribution >= 4 is 17.4 Å². The molecule has 0 spiro atoms. The average Bonchev–Trinajstić information content (AvgIpc) is 2.67. The van der Waals surface area contributed by atoms with Crippen LogP contribution in [-0.2, 0) is 4.74 Å². The number of nitro benzene ring substituents is 1. The molecule has 7 heteroatoms. The van der Waals surface area contributed by atoms with Gasteiger partial charge in [0.05, 0.1) is 10.6 Å². The number of amides is 2. The van der Waals surface area contributed by atoms with Crippen LogP contribution < -0.4 is 4.90 Å². The molecule has 2 aliphatic heterocycles. The third-order valence-electron chi connectivity index (χ3n) is 4.22. The normalized spacial score (nSPS) is 25.1. The van der Waals surface area contributed by atoms with Crippen LogP contribution in [-0.4, -0.2) is 35.4 Å². The van der Waals surface area contributed by atoms with E-state index in [1.165, 1.54) is 12.1 Å². The largest absolute Gasteiger partial charge is 0.341 e. The SMILES string of the molecule is COC12CCCCCN1C(=O)N2c1ccc([N+](=O)[O-])cc1. The summed E-state index contributed by atoms with van der Waals surface area (Å²) in [6.07, 6.45) is 3.78. The van der Waals surface area contributed by atoms with Crippen LogP contribution in [0.3, 0.4) is 0 Å². The molecule has 0 aromatic heterocycles. The minimum atomic E-state index is -0.732. The highest BCUT2D eigenvalue weighted by Crippen LogP contribution is 2.44. The molecule has 2 aliphatic rings. The number of hydrogen-bond donors (Lipinski definition) is 0. The number of carbonyl (C=O) groups is 1. The lowest BCUT2D eigenvalue weighted by atomic mass is 10.1. The van der Waals surface area contributed by atoms with Crippen LogP contribution in [0.4, 0.5) is 16.2 Å². The number of methoxy groups -OCH3 is 1. The molecule has 2 fully saturated rings. The second kappa shape index (κ2) is 5.00. The Morgan fingerprint density at radius 3 is 2.57 bits per heavy atom. The second-order valence-electron chi connectivity index (χ2n) is 5.30. The van der Waals surface area contributed by atoms with E-state index in [0.717, 1.165) is 25.7 Å². The van der Waals surface area contributed by atoms with Crippen molar-refractivity contribution in [3.63, 3.8) is 0 Å². The lowest BCUT2D eigenvalue weighted by Gasteiger charge is -2.58. The molecule has 1 aromatic carbocycles. The van der Waals surface area contributed by atoms with Gasteiger partial charge in [0.25, 0.3) is 5.69 Å². The number of rotatable bonds is 3. The summed E-state index contributed by atoms with van der Waals surface area (Å²) in [5.74, 6) is -0.732. The van der Waals surface area contributed by atoms with E-state index in [1.54, 1.807) is 29.0 Å². The summed E-state index contributed by atoms with van der Waals surface area (Å²) in [5, 5.41) is 10.7. The number of ether oxygens (including phenoxy) is 1. The van der Waals surface area contributed by atoms with E-state index in [4.69, 9.17) is 4.74 Å². The number of hydrogen-bond acceptors (Lipinski definition) is 4. The Bertz CT molecular complexity index is 574. The van der Waals surface area contributed by atoms with Gasteiger partial charge in [-0.1, -0.05) is 6.42 Å². The first-order chi connectivity index (χ1) is 10.1. The Hall–Kier alpha value is -2.15. The maximum Gasteiger partial charge on any atom is 0.332 e. The number of anilines is 1. The Labute approximate surface area is 122 Å². The lowest BCUT2D eigenvalue weighted by molar-refractivity contribution is -0.384. The zero-order valence-electron chi connectivity index (χ0n) is 11.8. The van der Waals surface area contributed by atoms with Gasteiger partial charge in [-0.15, -0.1) is 0 Å². The molecular weight excluding hydrogens is 274 g/mol. The van der Waals surface area contributed by atoms with Crippen molar-refractivity contribution in [3.8, 4) is 0 Å². The van der Waals surface area contributed by atoms with E-state index in [1.807, 2.05) is 0 Å². The number of urea groups is 1. The number of fused-ring (bicyclic) bond motifs is 1. The van der Waals surface area contributed by atoms with Crippen molar-refractivity contribution in [3.05, 3.63) is 34.4 Å². The van der Waals surface area contributed by atoms with Gasteiger partial charge >= 0.3 is 6.03 Å². The standard InChI is InChI=1S/C14H17N3O4/c1-21-14-9-3-2-4-10-15(14)13(18)16(14)11-5-7-12(8-6-11)17(19)20/h5-8H,2-4,9-10H2,1H3. The average molecular weight is 291 g/mol. The zero-order chi connectivity index (χ0) is 15.0. The van der Waals surface area contributed by atoms with E-state index in [0.29, 0.717) is 12.2 Å². The van der Waals surface area contributed by atoms with Crippen LogP contribution in [0, 0.1) is 10.1 Å². The van der Waals surface area contributed by atoms with Crippen LogP contribution in [0.15, 0.2) is 24.3 Å². The second-order valence-corrected chi connectivity index (χ2v) is 5.30. The van der Waals surface area contributed by atoms with Gasteiger partial charge in [-0.25, -0.2) is 9.69 Å². The lowest BCUT2D eigenvalue weighted by Crippen LogP contribution is -2.78. The minimum Gasteiger partial charge on any atom is -0.341 e. The number of nitrogens with zero attached hydrogens (tertiary/aromatic N) is 3. The highest BCUT2D eigenvalue weighted by molar-refractivity contribution is 6.00. The molecule has 1 aromatic rings. The highest BCUT2D eigenvalue weighted by Gasteiger charge is 2.59. The molecule has 2 saturated heterocycles. The van der Waals surface area contributed by atoms with Gasteiger partial charge in [0.1, 0.15) is 0 Å².